The van der Waals surface area contributed by atoms with E-state index in [0.29, 0.717) is 23.4 Å². The van der Waals surface area contributed by atoms with Crippen LogP contribution in [0.15, 0.2) is 35.3 Å². The van der Waals surface area contributed by atoms with Gasteiger partial charge in [0, 0.05) is 16.5 Å². The van der Waals surface area contributed by atoms with Crippen LogP contribution in [0.4, 0.5) is 0 Å². The number of amides is 1. The molecule has 25 heavy (non-hydrogen) atoms. The summed E-state index contributed by atoms with van der Waals surface area (Å²) in [6.07, 6.45) is 5.62. The second kappa shape index (κ2) is 5.06. The Morgan fingerprint density at radius 1 is 1.36 bits per heavy atom. The fourth-order valence-corrected chi connectivity index (χ4v) is 4.47. The number of fused-ring (bicyclic) bond motifs is 2. The number of H-pyrrole nitrogens is 1. The van der Waals surface area contributed by atoms with Crippen molar-refractivity contribution in [3.63, 3.8) is 0 Å². The summed E-state index contributed by atoms with van der Waals surface area (Å²) in [5.74, 6) is 0.327. The maximum Gasteiger partial charge on any atom is 0.256 e. The average molecular weight is 359 g/mol. The molecule has 0 radical (unpaired) electrons. The van der Waals surface area contributed by atoms with Crippen LogP contribution in [0.3, 0.4) is 0 Å². The SMILES string of the molecule is O=C(N[C@H]1[C@@H]2C[C@](O)(c3cc(Cl)cc4[nH]ncc34)C[C@@H]21)c1cnoc1. The maximum absolute atomic E-state index is 12.1. The number of hydrogen-bond donors (Lipinski definition) is 3. The summed E-state index contributed by atoms with van der Waals surface area (Å²) in [5, 5.41) is 26.1. The van der Waals surface area contributed by atoms with E-state index in [4.69, 9.17) is 16.1 Å². The summed E-state index contributed by atoms with van der Waals surface area (Å²) >= 11 is 6.19. The first-order valence-electron chi connectivity index (χ1n) is 8.11. The second-order valence-electron chi connectivity index (χ2n) is 6.96. The van der Waals surface area contributed by atoms with Crippen molar-refractivity contribution in [3.05, 3.63) is 46.9 Å². The molecular weight excluding hydrogens is 344 g/mol. The molecule has 2 aliphatic rings. The van der Waals surface area contributed by atoms with Crippen LogP contribution in [0.5, 0.6) is 0 Å². The molecule has 1 aromatic carbocycles. The molecule has 8 heteroatoms. The fraction of sp³-hybridized carbons (Fsp3) is 0.353. The molecule has 2 fully saturated rings. The third kappa shape index (κ3) is 2.26. The molecule has 4 atom stereocenters. The molecule has 3 N–H and O–H groups in total. The predicted molar refractivity (Wildman–Crippen MR) is 89.0 cm³/mol. The van der Waals surface area contributed by atoms with Gasteiger partial charge in [0.25, 0.3) is 5.91 Å². The number of aromatic nitrogens is 3. The highest BCUT2D eigenvalue weighted by Crippen LogP contribution is 2.60. The van der Waals surface area contributed by atoms with Crippen molar-refractivity contribution in [2.45, 2.75) is 24.5 Å². The van der Waals surface area contributed by atoms with E-state index in [1.54, 1.807) is 12.3 Å². The number of nitrogens with one attached hydrogen (secondary N) is 2. The van der Waals surface area contributed by atoms with Crippen molar-refractivity contribution in [1.82, 2.24) is 20.7 Å². The molecule has 2 saturated carbocycles. The van der Waals surface area contributed by atoms with E-state index in [2.05, 4.69) is 20.7 Å². The smallest absolute Gasteiger partial charge is 0.256 e. The number of hydrogen-bond acceptors (Lipinski definition) is 5. The number of nitrogens with zero attached hydrogens (tertiary/aromatic N) is 2. The summed E-state index contributed by atoms with van der Waals surface area (Å²) < 4.78 is 4.69. The molecule has 1 amide bonds. The van der Waals surface area contributed by atoms with Crippen molar-refractivity contribution in [1.29, 1.82) is 0 Å². The van der Waals surface area contributed by atoms with Gasteiger partial charge in [-0.3, -0.25) is 9.89 Å². The number of aromatic amines is 1. The molecule has 2 heterocycles. The molecule has 0 spiro atoms. The Morgan fingerprint density at radius 2 is 2.16 bits per heavy atom. The Kier molecular flexibility index (Phi) is 3.02. The molecule has 0 saturated heterocycles. The van der Waals surface area contributed by atoms with Gasteiger partial charge in [-0.1, -0.05) is 16.8 Å². The Labute approximate surface area is 147 Å². The highest BCUT2D eigenvalue weighted by molar-refractivity contribution is 6.31. The van der Waals surface area contributed by atoms with E-state index in [-0.39, 0.29) is 23.8 Å². The molecule has 2 aromatic heterocycles. The fourth-order valence-electron chi connectivity index (χ4n) is 4.25. The zero-order valence-electron chi connectivity index (χ0n) is 13.1. The molecule has 0 bridgehead atoms. The average Bonchev–Trinajstić information content (AvgIpc) is 3.12. The summed E-state index contributed by atoms with van der Waals surface area (Å²) in [4.78, 5) is 12.1. The Hall–Kier alpha value is -2.38. The van der Waals surface area contributed by atoms with E-state index < -0.39 is 5.60 Å². The lowest BCUT2D eigenvalue weighted by Crippen LogP contribution is -2.33. The van der Waals surface area contributed by atoms with Crippen molar-refractivity contribution < 1.29 is 14.4 Å². The highest BCUT2D eigenvalue weighted by Gasteiger charge is 2.62. The Morgan fingerprint density at radius 3 is 2.88 bits per heavy atom. The third-order valence-electron chi connectivity index (χ3n) is 5.50. The lowest BCUT2D eigenvalue weighted by molar-refractivity contribution is 0.0293. The van der Waals surface area contributed by atoms with E-state index in [1.807, 2.05) is 6.07 Å². The Bertz CT molecular complexity index is 956. The number of aliphatic hydroxyl groups is 1. The van der Waals surface area contributed by atoms with Crippen LogP contribution in [0.1, 0.15) is 28.8 Å². The van der Waals surface area contributed by atoms with Crippen molar-refractivity contribution in [2.75, 3.05) is 0 Å². The first-order valence-corrected chi connectivity index (χ1v) is 8.49. The molecule has 128 valence electrons. The summed E-state index contributed by atoms with van der Waals surface area (Å²) in [6, 6.07) is 3.70. The monoisotopic (exact) mass is 358 g/mol. The van der Waals surface area contributed by atoms with Gasteiger partial charge in [-0.15, -0.1) is 0 Å². The number of carbonyl (C=O) groups excluding carboxylic acids is 1. The lowest BCUT2D eigenvalue weighted by atomic mass is 9.86. The van der Waals surface area contributed by atoms with Crippen LogP contribution >= 0.6 is 11.6 Å². The van der Waals surface area contributed by atoms with E-state index in [0.717, 1.165) is 16.5 Å². The number of carbonyl (C=O) groups is 1. The lowest BCUT2D eigenvalue weighted by Gasteiger charge is -2.27. The van der Waals surface area contributed by atoms with E-state index >= 15 is 0 Å². The standard InChI is InChI=1S/C17H15ClN4O3/c18-9-1-13(12-6-19-22-14(12)2-9)17(24)3-10-11(4-17)15(10)21-16(23)8-5-20-25-7-8/h1-2,5-7,10-11,15,24H,3-4H2,(H,19,22)(H,21,23)/t10-,11+,15+,17-. The van der Waals surface area contributed by atoms with Crippen LogP contribution in [0, 0.1) is 11.8 Å². The summed E-state index contributed by atoms with van der Waals surface area (Å²) in [6.45, 7) is 0. The van der Waals surface area contributed by atoms with Crippen LogP contribution in [-0.4, -0.2) is 32.4 Å². The van der Waals surface area contributed by atoms with Crippen LogP contribution in [0.25, 0.3) is 10.9 Å². The number of halogens is 1. The Balaban J connectivity index is 1.35. The van der Waals surface area contributed by atoms with Gasteiger partial charge in [-0.25, -0.2) is 0 Å². The summed E-state index contributed by atoms with van der Waals surface area (Å²) in [7, 11) is 0. The maximum atomic E-state index is 12.1. The minimum absolute atomic E-state index is 0.0849. The van der Waals surface area contributed by atoms with Gasteiger partial charge in [-0.05, 0) is 42.4 Å². The molecule has 5 rings (SSSR count). The van der Waals surface area contributed by atoms with Gasteiger partial charge in [0.2, 0.25) is 0 Å². The van der Waals surface area contributed by atoms with Gasteiger partial charge in [0.1, 0.15) is 6.26 Å². The quantitative estimate of drug-likeness (QED) is 0.666. The molecule has 0 unspecified atom stereocenters. The van der Waals surface area contributed by atoms with Crippen LogP contribution < -0.4 is 5.32 Å². The topological polar surface area (TPSA) is 104 Å². The summed E-state index contributed by atoms with van der Waals surface area (Å²) in [5.41, 5.74) is 1.09. The van der Waals surface area contributed by atoms with Crippen LogP contribution in [0.2, 0.25) is 5.02 Å². The molecule has 7 nitrogen and oxygen atoms in total. The largest absolute Gasteiger partial charge is 0.385 e. The van der Waals surface area contributed by atoms with Crippen molar-refractivity contribution in [3.8, 4) is 0 Å². The van der Waals surface area contributed by atoms with Gasteiger partial charge in [0.05, 0.1) is 29.1 Å². The van der Waals surface area contributed by atoms with Crippen molar-refractivity contribution in [2.24, 2.45) is 11.8 Å². The van der Waals surface area contributed by atoms with Crippen molar-refractivity contribution >= 4 is 28.4 Å². The first kappa shape index (κ1) is 14.9. The third-order valence-corrected chi connectivity index (χ3v) is 5.71. The molecular formula is C17H15ClN4O3. The van der Waals surface area contributed by atoms with Gasteiger partial charge >= 0.3 is 0 Å². The second-order valence-corrected chi connectivity index (χ2v) is 7.40. The predicted octanol–water partition coefficient (Wildman–Crippen LogP) is 2.23. The zero-order chi connectivity index (χ0) is 17.2. The van der Waals surface area contributed by atoms with Gasteiger partial charge in [0.15, 0.2) is 0 Å². The molecule has 2 aliphatic carbocycles. The normalized spacial score (nSPS) is 30.4. The number of benzene rings is 1. The molecule has 0 aliphatic heterocycles. The zero-order valence-corrected chi connectivity index (χ0v) is 13.8. The van der Waals surface area contributed by atoms with E-state index in [1.165, 1.54) is 12.5 Å². The van der Waals surface area contributed by atoms with E-state index in [9.17, 15) is 9.90 Å². The molecule has 3 aromatic rings. The minimum Gasteiger partial charge on any atom is -0.385 e. The number of rotatable bonds is 3. The first-order chi connectivity index (χ1) is 12.0. The van der Waals surface area contributed by atoms with Crippen LogP contribution in [-0.2, 0) is 5.60 Å². The minimum atomic E-state index is -0.944. The highest BCUT2D eigenvalue weighted by atomic mass is 35.5. The van der Waals surface area contributed by atoms with Gasteiger partial charge < -0.3 is 14.9 Å². The van der Waals surface area contributed by atoms with Gasteiger partial charge in [-0.2, -0.15) is 5.10 Å².